The van der Waals surface area contributed by atoms with E-state index in [2.05, 4.69) is 10.1 Å². The van der Waals surface area contributed by atoms with Crippen LogP contribution in [-0.4, -0.2) is 43.0 Å². The Morgan fingerprint density at radius 1 is 1.28 bits per heavy atom. The summed E-state index contributed by atoms with van der Waals surface area (Å²) in [6.07, 6.45) is 1.60. The Balaban J connectivity index is 2.27. The van der Waals surface area contributed by atoms with Gasteiger partial charge in [-0.15, -0.1) is 0 Å². The van der Waals surface area contributed by atoms with Crippen molar-refractivity contribution in [3.8, 4) is 0 Å². The number of likely N-dealkylation sites (N-methyl/N-ethyl adjacent to an activating group) is 1. The van der Waals surface area contributed by atoms with Gasteiger partial charge in [-0.2, -0.15) is 5.10 Å². The van der Waals surface area contributed by atoms with Crippen molar-refractivity contribution in [3.63, 3.8) is 0 Å². The molecule has 0 radical (unpaired) electrons. The molecule has 1 unspecified atom stereocenters. The van der Waals surface area contributed by atoms with Crippen LogP contribution in [0.15, 0.2) is 30.0 Å². The predicted molar refractivity (Wildman–Crippen MR) is 91.6 cm³/mol. The van der Waals surface area contributed by atoms with Gasteiger partial charge < -0.3 is 10.0 Å². The number of aliphatic hydroxyl groups excluding tert-OH is 1. The Morgan fingerprint density at radius 3 is 2.52 bits per heavy atom. The molecular formula is C18H20N4O3. The van der Waals surface area contributed by atoms with Gasteiger partial charge in [0.05, 0.1) is 22.5 Å². The van der Waals surface area contributed by atoms with Gasteiger partial charge in [-0.3, -0.25) is 19.3 Å². The number of aryl methyl sites for hydroxylation is 2. The summed E-state index contributed by atoms with van der Waals surface area (Å²) in [5, 5.41) is 15.2. The van der Waals surface area contributed by atoms with Crippen LogP contribution in [0.2, 0.25) is 0 Å². The summed E-state index contributed by atoms with van der Waals surface area (Å²) in [5.74, 6) is -1.52. The third-order valence-electron chi connectivity index (χ3n) is 4.59. The van der Waals surface area contributed by atoms with Gasteiger partial charge in [0.15, 0.2) is 0 Å². The average molecular weight is 340 g/mol. The minimum Gasteiger partial charge on any atom is -0.507 e. The van der Waals surface area contributed by atoms with Crippen molar-refractivity contribution in [2.45, 2.75) is 26.8 Å². The van der Waals surface area contributed by atoms with Gasteiger partial charge in [0.2, 0.25) is 0 Å². The van der Waals surface area contributed by atoms with E-state index in [4.69, 9.17) is 0 Å². The monoisotopic (exact) mass is 340 g/mol. The van der Waals surface area contributed by atoms with Crippen LogP contribution in [0.5, 0.6) is 0 Å². The first-order valence-corrected chi connectivity index (χ1v) is 8.08. The van der Waals surface area contributed by atoms with Crippen molar-refractivity contribution in [2.24, 2.45) is 7.05 Å². The van der Waals surface area contributed by atoms with E-state index in [-0.39, 0.29) is 11.3 Å². The quantitative estimate of drug-likeness (QED) is 0.523. The second kappa shape index (κ2) is 6.16. The number of carbonyl (C=O) groups excluding carboxylic acids is 2. The molecule has 1 aliphatic heterocycles. The average Bonchev–Trinajstić information content (AvgIpc) is 3.01. The molecule has 3 heterocycles. The number of rotatable bonds is 3. The first kappa shape index (κ1) is 16.9. The molecular weight excluding hydrogens is 320 g/mol. The number of nitrogens with zero attached hydrogens (tertiary/aromatic N) is 4. The summed E-state index contributed by atoms with van der Waals surface area (Å²) < 4.78 is 1.63. The Bertz CT molecular complexity index is 883. The number of amides is 1. The number of hydrogen-bond donors (Lipinski definition) is 1. The molecule has 25 heavy (non-hydrogen) atoms. The van der Waals surface area contributed by atoms with Crippen LogP contribution in [0.25, 0.3) is 5.76 Å². The fourth-order valence-corrected chi connectivity index (χ4v) is 3.30. The van der Waals surface area contributed by atoms with E-state index in [0.29, 0.717) is 23.5 Å². The van der Waals surface area contributed by atoms with E-state index >= 15 is 0 Å². The number of likely N-dealkylation sites (tertiary alicyclic amines) is 1. The number of ketones is 1. The van der Waals surface area contributed by atoms with Gasteiger partial charge in [-0.25, -0.2) is 0 Å². The standard InChI is InChI=1S/C18H20N4O3/c1-5-22-15(12-8-6-7-9-19-12)14(17(24)18(22)25)16(23)13-10(2)20-21(4)11(13)3/h6-9,15,23H,5H2,1-4H3/b16-14+. The van der Waals surface area contributed by atoms with Crippen LogP contribution in [-0.2, 0) is 16.6 Å². The molecule has 3 rings (SSSR count). The van der Waals surface area contributed by atoms with E-state index < -0.39 is 17.7 Å². The summed E-state index contributed by atoms with van der Waals surface area (Å²) in [5.41, 5.74) is 2.41. The van der Waals surface area contributed by atoms with Gasteiger partial charge in [0.25, 0.3) is 11.7 Å². The van der Waals surface area contributed by atoms with Crippen LogP contribution in [0, 0.1) is 13.8 Å². The number of carbonyl (C=O) groups is 2. The zero-order valence-electron chi connectivity index (χ0n) is 14.6. The third kappa shape index (κ3) is 2.52. The number of Topliss-reactive ketones (excluding diaryl/α,β-unsaturated/α-hetero) is 1. The van der Waals surface area contributed by atoms with Crippen molar-refractivity contribution >= 4 is 17.4 Å². The van der Waals surface area contributed by atoms with Gasteiger partial charge in [0, 0.05) is 25.5 Å². The van der Waals surface area contributed by atoms with Crippen LogP contribution in [0.3, 0.4) is 0 Å². The number of hydrogen-bond acceptors (Lipinski definition) is 5. The second-order valence-electron chi connectivity index (χ2n) is 6.01. The van der Waals surface area contributed by atoms with Crippen molar-refractivity contribution in [1.29, 1.82) is 0 Å². The Kier molecular flexibility index (Phi) is 4.16. The maximum Gasteiger partial charge on any atom is 0.295 e. The molecule has 1 saturated heterocycles. The molecule has 1 fully saturated rings. The zero-order chi connectivity index (χ0) is 18.3. The molecule has 1 atom stereocenters. The second-order valence-corrected chi connectivity index (χ2v) is 6.01. The Hall–Kier alpha value is -2.96. The fourth-order valence-electron chi connectivity index (χ4n) is 3.30. The predicted octanol–water partition coefficient (Wildman–Crippen LogP) is 1.87. The van der Waals surface area contributed by atoms with Crippen LogP contribution >= 0.6 is 0 Å². The number of pyridine rings is 1. The van der Waals surface area contributed by atoms with Gasteiger partial charge in [-0.05, 0) is 32.9 Å². The molecule has 0 bridgehead atoms. The lowest BCUT2D eigenvalue weighted by Gasteiger charge is -2.22. The molecule has 0 saturated carbocycles. The van der Waals surface area contributed by atoms with E-state index in [1.807, 2.05) is 0 Å². The molecule has 0 aromatic carbocycles. The summed E-state index contributed by atoms with van der Waals surface area (Å²) >= 11 is 0. The van der Waals surface area contributed by atoms with Crippen LogP contribution in [0.4, 0.5) is 0 Å². The topological polar surface area (TPSA) is 88.3 Å². The summed E-state index contributed by atoms with van der Waals surface area (Å²) in [4.78, 5) is 30.8. The van der Waals surface area contributed by atoms with E-state index in [1.165, 1.54) is 4.90 Å². The lowest BCUT2D eigenvalue weighted by Crippen LogP contribution is -2.29. The summed E-state index contributed by atoms with van der Waals surface area (Å²) in [6, 6.07) is 4.59. The minimum atomic E-state index is -0.704. The lowest BCUT2D eigenvalue weighted by molar-refractivity contribution is -0.139. The maximum atomic E-state index is 12.6. The fraction of sp³-hybridized carbons (Fsp3) is 0.333. The maximum absolute atomic E-state index is 12.6. The highest BCUT2D eigenvalue weighted by atomic mass is 16.3. The van der Waals surface area contributed by atoms with E-state index in [0.717, 1.165) is 5.69 Å². The van der Waals surface area contributed by atoms with Crippen molar-refractivity contribution in [1.82, 2.24) is 19.7 Å². The van der Waals surface area contributed by atoms with Crippen molar-refractivity contribution < 1.29 is 14.7 Å². The van der Waals surface area contributed by atoms with Gasteiger partial charge in [0.1, 0.15) is 11.8 Å². The first-order valence-electron chi connectivity index (χ1n) is 8.08. The molecule has 7 heteroatoms. The van der Waals surface area contributed by atoms with E-state index in [9.17, 15) is 14.7 Å². The van der Waals surface area contributed by atoms with Crippen molar-refractivity contribution in [2.75, 3.05) is 6.54 Å². The highest BCUT2D eigenvalue weighted by Gasteiger charge is 2.46. The van der Waals surface area contributed by atoms with Gasteiger partial charge >= 0.3 is 0 Å². The largest absolute Gasteiger partial charge is 0.507 e. The SMILES string of the molecule is CCN1C(=O)C(=O)/C(=C(/O)c2c(C)nn(C)c2C)C1c1ccccn1. The molecule has 1 aliphatic rings. The van der Waals surface area contributed by atoms with E-state index in [1.54, 1.807) is 56.9 Å². The number of aromatic nitrogens is 3. The molecule has 1 N–H and O–H groups in total. The number of aliphatic hydroxyl groups is 1. The summed E-state index contributed by atoms with van der Waals surface area (Å²) in [6.45, 7) is 5.70. The molecule has 0 aliphatic carbocycles. The molecule has 130 valence electrons. The lowest BCUT2D eigenvalue weighted by atomic mass is 9.97. The molecule has 7 nitrogen and oxygen atoms in total. The minimum absolute atomic E-state index is 0.0600. The normalized spacial score (nSPS) is 19.7. The van der Waals surface area contributed by atoms with Crippen LogP contribution < -0.4 is 0 Å². The highest BCUT2D eigenvalue weighted by molar-refractivity contribution is 6.46. The molecule has 2 aromatic rings. The van der Waals surface area contributed by atoms with Crippen molar-refractivity contribution in [3.05, 3.63) is 52.6 Å². The smallest absolute Gasteiger partial charge is 0.295 e. The third-order valence-corrected chi connectivity index (χ3v) is 4.59. The van der Waals surface area contributed by atoms with Gasteiger partial charge in [-0.1, -0.05) is 6.07 Å². The highest BCUT2D eigenvalue weighted by Crippen LogP contribution is 2.39. The molecule has 0 spiro atoms. The zero-order valence-corrected chi connectivity index (χ0v) is 14.6. The van der Waals surface area contributed by atoms with Crippen LogP contribution in [0.1, 0.15) is 35.6 Å². The molecule has 1 amide bonds. The molecule has 2 aromatic heterocycles. The Morgan fingerprint density at radius 2 is 2.00 bits per heavy atom. The first-order chi connectivity index (χ1) is 11.9. The Labute approximate surface area is 145 Å². The summed E-state index contributed by atoms with van der Waals surface area (Å²) in [7, 11) is 1.76.